The monoisotopic (exact) mass is 435 g/mol. The lowest BCUT2D eigenvalue weighted by Gasteiger charge is -2.26. The van der Waals surface area contributed by atoms with E-state index in [0.29, 0.717) is 12.2 Å². The molecule has 3 aromatic rings. The number of piperidine rings is 1. The van der Waals surface area contributed by atoms with Crippen molar-refractivity contribution in [3.8, 4) is 5.82 Å². The van der Waals surface area contributed by atoms with Crippen molar-refractivity contribution in [3.05, 3.63) is 52.9 Å². The number of hydrogen-bond donors (Lipinski definition) is 2. The number of nitrogen functional groups attached to an aromatic ring is 1. The molecule has 3 heterocycles. The number of nitrogens with one attached hydrogen (secondary N) is 1. The third kappa shape index (κ3) is 5.06. The van der Waals surface area contributed by atoms with Gasteiger partial charge in [-0.3, -0.25) is 9.69 Å². The van der Waals surface area contributed by atoms with Gasteiger partial charge in [0.1, 0.15) is 0 Å². The van der Waals surface area contributed by atoms with Crippen molar-refractivity contribution in [2.45, 2.75) is 32.7 Å². The van der Waals surface area contributed by atoms with Crippen molar-refractivity contribution in [1.82, 2.24) is 35.6 Å². The Kier molecular flexibility index (Phi) is 6.66. The van der Waals surface area contributed by atoms with E-state index in [4.69, 9.17) is 10.4 Å². The van der Waals surface area contributed by atoms with Gasteiger partial charge in [-0.2, -0.15) is 9.78 Å². The number of hydrazone groups is 1. The molecule has 11 heteroatoms. The van der Waals surface area contributed by atoms with Crippen LogP contribution in [-0.4, -0.2) is 55.4 Å². The smallest absolute Gasteiger partial charge is 0.293 e. The Balaban J connectivity index is 1.52. The highest BCUT2D eigenvalue weighted by Crippen LogP contribution is 2.19. The summed E-state index contributed by atoms with van der Waals surface area (Å²) in [6.07, 6.45) is 6.96. The van der Waals surface area contributed by atoms with Gasteiger partial charge in [-0.25, -0.2) is 10.1 Å². The minimum absolute atomic E-state index is 0.0708. The summed E-state index contributed by atoms with van der Waals surface area (Å²) >= 11 is 0. The molecule has 0 unspecified atom stereocenters. The number of benzene rings is 1. The van der Waals surface area contributed by atoms with Crippen molar-refractivity contribution in [2.75, 3.05) is 18.8 Å². The van der Waals surface area contributed by atoms with Gasteiger partial charge in [0.25, 0.3) is 5.91 Å². The second-order valence-electron chi connectivity index (χ2n) is 7.60. The van der Waals surface area contributed by atoms with Gasteiger partial charge in [0.2, 0.25) is 11.6 Å². The zero-order chi connectivity index (χ0) is 22.3. The minimum atomic E-state index is -0.470. The average Bonchev–Trinajstić information content (AvgIpc) is 3.40. The predicted molar refractivity (Wildman–Crippen MR) is 119 cm³/mol. The van der Waals surface area contributed by atoms with E-state index < -0.39 is 5.91 Å². The quantitative estimate of drug-likeness (QED) is 0.424. The number of aromatic nitrogens is 5. The Hall–Kier alpha value is -3.86. The SMILES string of the molecule is C/C(C=NNC(=O)c1nnn(-c2nonc2N)c1CN1CCCCC1)=C/c1ccccc1. The molecule has 1 fully saturated rings. The molecule has 0 saturated carbocycles. The van der Waals surface area contributed by atoms with E-state index in [1.165, 1.54) is 11.1 Å². The number of allylic oxidation sites excluding steroid dienone is 1. The number of likely N-dealkylation sites (tertiary alicyclic amines) is 1. The summed E-state index contributed by atoms with van der Waals surface area (Å²) in [7, 11) is 0. The first-order valence-electron chi connectivity index (χ1n) is 10.4. The zero-order valence-corrected chi connectivity index (χ0v) is 17.8. The maximum absolute atomic E-state index is 12.8. The van der Waals surface area contributed by atoms with Gasteiger partial charge in [-0.15, -0.1) is 5.10 Å². The van der Waals surface area contributed by atoms with E-state index in [1.54, 1.807) is 6.21 Å². The van der Waals surface area contributed by atoms with Crippen LogP contribution < -0.4 is 11.2 Å². The molecule has 1 aliphatic heterocycles. The first kappa shape index (κ1) is 21.4. The summed E-state index contributed by atoms with van der Waals surface area (Å²) in [5, 5.41) is 19.6. The molecule has 1 aromatic carbocycles. The lowest BCUT2D eigenvalue weighted by atomic mass is 10.1. The summed E-state index contributed by atoms with van der Waals surface area (Å²) in [4.78, 5) is 15.1. The Bertz CT molecular complexity index is 1110. The van der Waals surface area contributed by atoms with Crippen LogP contribution in [0.25, 0.3) is 11.9 Å². The normalized spacial score (nSPS) is 15.3. The second-order valence-corrected chi connectivity index (χ2v) is 7.60. The topological polar surface area (TPSA) is 140 Å². The van der Waals surface area contributed by atoms with Crippen LogP contribution in [0.5, 0.6) is 0 Å². The summed E-state index contributed by atoms with van der Waals surface area (Å²) in [6.45, 7) is 4.24. The third-order valence-corrected chi connectivity index (χ3v) is 5.12. The van der Waals surface area contributed by atoms with Crippen molar-refractivity contribution in [3.63, 3.8) is 0 Å². The maximum Gasteiger partial charge on any atom is 0.293 e. The van der Waals surface area contributed by atoms with Gasteiger partial charge < -0.3 is 5.73 Å². The molecule has 0 atom stereocenters. The van der Waals surface area contributed by atoms with E-state index in [2.05, 4.69) is 36.1 Å². The summed E-state index contributed by atoms with van der Waals surface area (Å²) in [5.41, 5.74) is 11.0. The highest BCUT2D eigenvalue weighted by molar-refractivity contribution is 5.94. The molecule has 0 bridgehead atoms. The lowest BCUT2D eigenvalue weighted by Crippen LogP contribution is -2.31. The molecule has 32 heavy (non-hydrogen) atoms. The van der Waals surface area contributed by atoms with Gasteiger partial charge in [-0.05, 0) is 54.3 Å². The molecule has 166 valence electrons. The highest BCUT2D eigenvalue weighted by Gasteiger charge is 2.26. The third-order valence-electron chi connectivity index (χ3n) is 5.12. The van der Waals surface area contributed by atoms with E-state index in [-0.39, 0.29) is 17.3 Å². The summed E-state index contributed by atoms with van der Waals surface area (Å²) < 4.78 is 6.10. The number of hydrogen-bond acceptors (Lipinski definition) is 9. The number of carbonyl (C=O) groups excluding carboxylic acids is 1. The molecule has 1 aliphatic rings. The number of nitrogens with zero attached hydrogens (tertiary/aromatic N) is 7. The van der Waals surface area contributed by atoms with E-state index in [9.17, 15) is 4.79 Å². The molecule has 1 saturated heterocycles. The molecule has 1 amide bonds. The Morgan fingerprint density at radius 3 is 2.72 bits per heavy atom. The second kappa shape index (κ2) is 9.96. The van der Waals surface area contributed by atoms with Crippen LogP contribution in [0.15, 0.2) is 45.6 Å². The molecule has 4 rings (SSSR count). The number of anilines is 1. The number of nitrogens with two attached hydrogens (primary N) is 1. The number of carbonyl (C=O) groups is 1. The van der Waals surface area contributed by atoms with Gasteiger partial charge in [0.05, 0.1) is 11.9 Å². The van der Waals surface area contributed by atoms with E-state index in [1.807, 2.05) is 43.3 Å². The molecule has 0 aliphatic carbocycles. The highest BCUT2D eigenvalue weighted by atomic mass is 16.6. The van der Waals surface area contributed by atoms with Gasteiger partial charge in [0, 0.05) is 6.54 Å². The van der Waals surface area contributed by atoms with Crippen LogP contribution in [0.2, 0.25) is 0 Å². The Morgan fingerprint density at radius 1 is 1.22 bits per heavy atom. The van der Waals surface area contributed by atoms with Crippen molar-refractivity contribution in [1.29, 1.82) is 0 Å². The minimum Gasteiger partial charge on any atom is -0.378 e. The average molecular weight is 435 g/mol. The fraction of sp³-hybridized carbons (Fsp3) is 0.333. The lowest BCUT2D eigenvalue weighted by molar-refractivity contribution is 0.0947. The number of rotatable bonds is 7. The van der Waals surface area contributed by atoms with Crippen molar-refractivity contribution in [2.24, 2.45) is 5.10 Å². The standard InChI is InChI=1S/C21H25N9O2/c1-15(12-16-8-4-2-5-9-16)13-23-25-21(31)18-17(14-29-10-6-3-7-11-29)30(28-24-18)20-19(22)26-32-27-20/h2,4-5,8-9,12-13H,3,6-7,10-11,14H2,1H3,(H2,22,26)(H,25,31)/b15-12-,23-13?. The zero-order valence-electron chi connectivity index (χ0n) is 17.8. The van der Waals surface area contributed by atoms with Crippen LogP contribution in [0.3, 0.4) is 0 Å². The van der Waals surface area contributed by atoms with Gasteiger partial charge in [0.15, 0.2) is 5.69 Å². The predicted octanol–water partition coefficient (Wildman–Crippen LogP) is 2.04. The maximum atomic E-state index is 12.8. The largest absolute Gasteiger partial charge is 0.378 e. The molecule has 3 N–H and O–H groups in total. The van der Waals surface area contributed by atoms with Crippen LogP contribution in [0.4, 0.5) is 5.82 Å². The molecular formula is C21H25N9O2. The van der Waals surface area contributed by atoms with Crippen LogP contribution in [0, 0.1) is 0 Å². The van der Waals surface area contributed by atoms with Crippen LogP contribution >= 0.6 is 0 Å². The van der Waals surface area contributed by atoms with Crippen molar-refractivity contribution >= 4 is 24.0 Å². The first-order chi connectivity index (χ1) is 15.6. The van der Waals surface area contributed by atoms with Crippen LogP contribution in [-0.2, 0) is 6.54 Å². The van der Waals surface area contributed by atoms with Crippen molar-refractivity contribution < 1.29 is 9.42 Å². The van der Waals surface area contributed by atoms with E-state index >= 15 is 0 Å². The van der Waals surface area contributed by atoms with Gasteiger partial charge >= 0.3 is 0 Å². The molecule has 11 nitrogen and oxygen atoms in total. The fourth-order valence-corrected chi connectivity index (χ4v) is 3.55. The van der Waals surface area contributed by atoms with Crippen LogP contribution in [0.1, 0.15) is 47.9 Å². The van der Waals surface area contributed by atoms with Gasteiger partial charge in [-0.1, -0.05) is 48.0 Å². The Morgan fingerprint density at radius 2 is 2.00 bits per heavy atom. The molecular weight excluding hydrogens is 410 g/mol. The fourth-order valence-electron chi connectivity index (χ4n) is 3.55. The summed E-state index contributed by atoms with van der Waals surface area (Å²) in [6, 6.07) is 9.86. The first-order valence-corrected chi connectivity index (χ1v) is 10.4. The number of amides is 1. The molecule has 2 aromatic heterocycles. The molecule has 0 spiro atoms. The molecule has 0 radical (unpaired) electrons. The summed E-state index contributed by atoms with van der Waals surface area (Å²) in [5.74, 6) is -0.197. The Labute approximate surface area is 184 Å². The van der Waals surface area contributed by atoms with E-state index in [0.717, 1.165) is 37.1 Å².